The van der Waals surface area contributed by atoms with Gasteiger partial charge in [-0.25, -0.2) is 23.0 Å². The Morgan fingerprint density at radius 1 is 1.40 bits per heavy atom. The molecule has 1 rings (SSSR count). The first kappa shape index (κ1) is 15.8. The van der Waals surface area contributed by atoms with Gasteiger partial charge < -0.3 is 15.7 Å². The molecule has 0 bridgehead atoms. The fourth-order valence-corrected chi connectivity index (χ4v) is 1.56. The highest BCUT2D eigenvalue weighted by Gasteiger charge is 2.07. The zero-order valence-corrected chi connectivity index (χ0v) is 11.1. The van der Waals surface area contributed by atoms with Gasteiger partial charge in [0.05, 0.1) is 18.5 Å². The second-order valence-electron chi connectivity index (χ2n) is 3.78. The van der Waals surface area contributed by atoms with E-state index in [2.05, 4.69) is 20.9 Å². The molecule has 0 aromatic carbocycles. The van der Waals surface area contributed by atoms with Crippen LogP contribution in [0.5, 0.6) is 0 Å². The Morgan fingerprint density at radius 3 is 2.70 bits per heavy atom. The quantitative estimate of drug-likeness (QED) is 0.429. The minimum absolute atomic E-state index is 0.0286. The molecule has 2 amide bonds. The average molecular weight is 306 g/mol. The monoisotopic (exact) mass is 306 g/mol. The minimum atomic E-state index is -3.62. The van der Waals surface area contributed by atoms with E-state index in [-0.39, 0.29) is 25.4 Å². The number of nitrogens with one attached hydrogen (secondary N) is 2. The molecule has 0 saturated carbocycles. The molecule has 112 valence electrons. The molecular formula is C8H14N6O5S. The Hall–Kier alpha value is -2.21. The number of rotatable bonds is 7. The number of sulfonamides is 1. The number of carboxylic acid groups (broad SMARTS) is 1. The highest BCUT2D eigenvalue weighted by Crippen LogP contribution is 1.92. The van der Waals surface area contributed by atoms with Gasteiger partial charge >= 0.3 is 12.0 Å². The maximum absolute atomic E-state index is 11.3. The van der Waals surface area contributed by atoms with Crippen molar-refractivity contribution in [1.29, 1.82) is 0 Å². The van der Waals surface area contributed by atoms with E-state index in [0.29, 0.717) is 5.69 Å². The fourth-order valence-electron chi connectivity index (χ4n) is 1.18. The Bertz CT molecular complexity index is 582. The summed E-state index contributed by atoms with van der Waals surface area (Å²) in [6.45, 7) is -0.412. The third kappa shape index (κ3) is 6.65. The molecule has 0 aliphatic rings. The van der Waals surface area contributed by atoms with Crippen LogP contribution in [0.25, 0.3) is 0 Å². The summed E-state index contributed by atoms with van der Waals surface area (Å²) >= 11 is 0. The highest BCUT2D eigenvalue weighted by atomic mass is 32.2. The topological polar surface area (TPSA) is 169 Å². The van der Waals surface area contributed by atoms with Crippen molar-refractivity contribution in [2.75, 3.05) is 12.3 Å². The Morgan fingerprint density at radius 2 is 2.10 bits per heavy atom. The number of carbonyl (C=O) groups is 2. The number of urea groups is 1. The minimum Gasteiger partial charge on any atom is -0.480 e. The van der Waals surface area contributed by atoms with Crippen LogP contribution in [0.4, 0.5) is 4.79 Å². The van der Waals surface area contributed by atoms with Crippen LogP contribution in [-0.4, -0.2) is 52.8 Å². The van der Waals surface area contributed by atoms with Crippen molar-refractivity contribution in [3.63, 3.8) is 0 Å². The number of carbonyl (C=O) groups excluding carboxylic acids is 1. The van der Waals surface area contributed by atoms with Gasteiger partial charge in [0.2, 0.25) is 10.0 Å². The molecule has 1 aromatic heterocycles. The van der Waals surface area contributed by atoms with E-state index >= 15 is 0 Å². The molecule has 0 spiro atoms. The van der Waals surface area contributed by atoms with E-state index in [1.54, 1.807) is 0 Å². The molecule has 0 unspecified atom stereocenters. The number of aromatic nitrogens is 3. The SMILES string of the molecule is NS(=O)(=O)CCNC(=O)NCc1cn(CC(=O)O)nn1. The van der Waals surface area contributed by atoms with E-state index < -0.39 is 22.0 Å². The Balaban J connectivity index is 2.30. The number of hydrogen-bond acceptors (Lipinski definition) is 6. The van der Waals surface area contributed by atoms with Crippen LogP contribution < -0.4 is 15.8 Å². The van der Waals surface area contributed by atoms with Gasteiger partial charge in [0.1, 0.15) is 12.2 Å². The third-order valence-corrected chi connectivity index (χ3v) is 2.76. The number of aliphatic carboxylic acids is 1. The summed E-state index contributed by atoms with van der Waals surface area (Å²) in [5.74, 6) is -1.43. The second kappa shape index (κ2) is 6.81. The molecule has 20 heavy (non-hydrogen) atoms. The van der Waals surface area contributed by atoms with E-state index in [1.807, 2.05) is 0 Å². The molecule has 0 saturated heterocycles. The van der Waals surface area contributed by atoms with Crippen LogP contribution >= 0.6 is 0 Å². The molecular weight excluding hydrogens is 292 g/mol. The number of amides is 2. The summed E-state index contributed by atoms with van der Waals surface area (Å²) in [5.41, 5.74) is 0.368. The first-order valence-corrected chi connectivity index (χ1v) is 7.11. The second-order valence-corrected chi connectivity index (χ2v) is 5.51. The number of nitrogens with zero attached hydrogens (tertiary/aromatic N) is 3. The third-order valence-electron chi connectivity index (χ3n) is 1.99. The van der Waals surface area contributed by atoms with Crippen molar-refractivity contribution in [1.82, 2.24) is 25.6 Å². The van der Waals surface area contributed by atoms with Crippen LogP contribution in [-0.2, 0) is 27.9 Å². The van der Waals surface area contributed by atoms with Crippen LogP contribution in [0.1, 0.15) is 5.69 Å². The number of carboxylic acids is 1. The van der Waals surface area contributed by atoms with E-state index in [9.17, 15) is 18.0 Å². The molecule has 0 fully saturated rings. The van der Waals surface area contributed by atoms with Gasteiger partial charge in [-0.3, -0.25) is 4.79 Å². The predicted octanol–water partition coefficient (Wildman–Crippen LogP) is -2.55. The maximum Gasteiger partial charge on any atom is 0.325 e. The summed E-state index contributed by atoms with van der Waals surface area (Å²) in [7, 11) is -3.62. The normalized spacial score (nSPS) is 11.1. The molecule has 0 radical (unpaired) electrons. The first-order chi connectivity index (χ1) is 9.26. The summed E-state index contributed by atoms with van der Waals surface area (Å²) in [5, 5.41) is 25.2. The van der Waals surface area contributed by atoms with Gasteiger partial charge in [0, 0.05) is 6.54 Å². The van der Waals surface area contributed by atoms with Crippen LogP contribution in [0.2, 0.25) is 0 Å². The molecule has 1 heterocycles. The zero-order valence-electron chi connectivity index (χ0n) is 10.3. The van der Waals surface area contributed by atoms with Crippen molar-refractivity contribution in [3.8, 4) is 0 Å². The lowest BCUT2D eigenvalue weighted by Crippen LogP contribution is -2.38. The summed E-state index contributed by atoms with van der Waals surface area (Å²) in [4.78, 5) is 21.7. The van der Waals surface area contributed by atoms with E-state index in [0.717, 1.165) is 4.68 Å². The van der Waals surface area contributed by atoms with Gasteiger partial charge in [0.25, 0.3) is 0 Å². The highest BCUT2D eigenvalue weighted by molar-refractivity contribution is 7.89. The number of nitrogens with two attached hydrogens (primary N) is 1. The van der Waals surface area contributed by atoms with Crippen LogP contribution in [0.15, 0.2) is 6.20 Å². The van der Waals surface area contributed by atoms with Gasteiger partial charge in [-0.05, 0) is 0 Å². The Kier molecular flexibility index (Phi) is 5.40. The lowest BCUT2D eigenvalue weighted by molar-refractivity contribution is -0.137. The molecule has 0 aliphatic carbocycles. The van der Waals surface area contributed by atoms with Gasteiger partial charge in [-0.2, -0.15) is 0 Å². The first-order valence-electron chi connectivity index (χ1n) is 5.39. The van der Waals surface area contributed by atoms with Crippen molar-refractivity contribution >= 4 is 22.0 Å². The van der Waals surface area contributed by atoms with Crippen molar-refractivity contribution in [2.45, 2.75) is 13.1 Å². The largest absolute Gasteiger partial charge is 0.480 e. The molecule has 0 atom stereocenters. The Labute approximate surface area is 114 Å². The zero-order chi connectivity index (χ0) is 15.2. The number of primary sulfonamides is 1. The molecule has 11 nitrogen and oxygen atoms in total. The van der Waals surface area contributed by atoms with Gasteiger partial charge in [-0.15, -0.1) is 5.10 Å². The van der Waals surface area contributed by atoms with Crippen molar-refractivity contribution < 1.29 is 23.1 Å². The standard InChI is InChI=1S/C8H14N6O5S/c9-20(18,19)2-1-10-8(17)11-3-6-4-14(13-12-6)5-7(15)16/h4H,1-3,5H2,(H,15,16)(H2,9,18,19)(H2,10,11,17). The fraction of sp³-hybridized carbons (Fsp3) is 0.500. The lowest BCUT2D eigenvalue weighted by atomic mass is 10.5. The lowest BCUT2D eigenvalue weighted by Gasteiger charge is -2.05. The van der Waals surface area contributed by atoms with Crippen molar-refractivity contribution in [2.24, 2.45) is 5.14 Å². The van der Waals surface area contributed by atoms with E-state index in [1.165, 1.54) is 6.20 Å². The number of hydrogen-bond donors (Lipinski definition) is 4. The molecule has 5 N–H and O–H groups in total. The summed E-state index contributed by atoms with van der Waals surface area (Å²) in [6, 6.07) is -0.596. The van der Waals surface area contributed by atoms with Crippen molar-refractivity contribution in [3.05, 3.63) is 11.9 Å². The maximum atomic E-state index is 11.3. The molecule has 0 aliphatic heterocycles. The van der Waals surface area contributed by atoms with Gasteiger partial charge in [0.15, 0.2) is 0 Å². The molecule has 12 heteroatoms. The smallest absolute Gasteiger partial charge is 0.325 e. The summed E-state index contributed by atoms with van der Waals surface area (Å²) in [6.07, 6.45) is 1.37. The average Bonchev–Trinajstić information content (AvgIpc) is 2.71. The van der Waals surface area contributed by atoms with Gasteiger partial charge in [-0.1, -0.05) is 5.21 Å². The van der Waals surface area contributed by atoms with E-state index in [4.69, 9.17) is 10.2 Å². The molecule has 1 aromatic rings. The van der Waals surface area contributed by atoms with Crippen LogP contribution in [0, 0.1) is 0 Å². The summed E-state index contributed by atoms with van der Waals surface area (Å²) < 4.78 is 22.3. The predicted molar refractivity (Wildman–Crippen MR) is 65.9 cm³/mol. The van der Waals surface area contributed by atoms with Crippen LogP contribution in [0.3, 0.4) is 0 Å².